The number of rotatable bonds is 67. The van der Waals surface area contributed by atoms with Crippen LogP contribution in [-0.4, -0.2) is 96.7 Å². The lowest BCUT2D eigenvalue weighted by atomic mass is 9.99. The Hall–Kier alpha value is -1.94. The molecule has 0 heterocycles. The molecule has 3 unspecified atom stereocenters. The molecule has 0 amide bonds. The number of unbranched alkanes of at least 4 members (excludes halogenated alkanes) is 38. The van der Waals surface area contributed by atoms with Crippen LogP contribution in [0, 0.1) is 5.92 Å². The van der Waals surface area contributed by atoms with E-state index in [9.17, 15) is 43.2 Å². The van der Waals surface area contributed by atoms with Crippen LogP contribution in [0.15, 0.2) is 0 Å². The van der Waals surface area contributed by atoms with E-state index in [0.29, 0.717) is 25.7 Å². The Morgan fingerprint density at radius 1 is 0.326 bits per heavy atom. The summed E-state index contributed by atoms with van der Waals surface area (Å²) in [7, 11) is -9.89. The number of phosphoric acid groups is 2. The first-order valence-electron chi connectivity index (χ1n) is 35.2. The number of hydrogen-bond donors (Lipinski definition) is 3. The Morgan fingerprint density at radius 3 is 0.826 bits per heavy atom. The van der Waals surface area contributed by atoms with Gasteiger partial charge in [-0.2, -0.15) is 0 Å². The summed E-state index contributed by atoms with van der Waals surface area (Å²) in [5.74, 6) is -1.32. The molecule has 0 radical (unpaired) electrons. The summed E-state index contributed by atoms with van der Waals surface area (Å²) in [5, 5.41) is 10.6. The fourth-order valence-corrected chi connectivity index (χ4v) is 11.7. The van der Waals surface area contributed by atoms with E-state index >= 15 is 0 Å². The van der Waals surface area contributed by atoms with Crippen LogP contribution in [0.25, 0.3) is 0 Å². The quantitative estimate of drug-likeness (QED) is 0.0222. The van der Waals surface area contributed by atoms with Crippen molar-refractivity contribution in [3.63, 3.8) is 0 Å². The Labute approximate surface area is 524 Å². The molecule has 0 aromatic heterocycles. The second-order valence-corrected chi connectivity index (χ2v) is 27.4. The molecule has 17 nitrogen and oxygen atoms in total. The van der Waals surface area contributed by atoms with Crippen LogP contribution in [0.3, 0.4) is 0 Å². The van der Waals surface area contributed by atoms with Crippen molar-refractivity contribution in [1.29, 1.82) is 0 Å². The van der Waals surface area contributed by atoms with Gasteiger partial charge in [0.2, 0.25) is 0 Å². The lowest BCUT2D eigenvalue weighted by Gasteiger charge is -2.21. The van der Waals surface area contributed by atoms with Crippen molar-refractivity contribution >= 4 is 39.5 Å². The number of esters is 4. The molecule has 3 N–H and O–H groups in total. The molecule has 0 spiro atoms. The van der Waals surface area contributed by atoms with Crippen LogP contribution >= 0.6 is 15.6 Å². The summed E-state index contributed by atoms with van der Waals surface area (Å²) in [5.41, 5.74) is 0. The Morgan fingerprint density at radius 2 is 0.558 bits per heavy atom. The van der Waals surface area contributed by atoms with Gasteiger partial charge in [-0.15, -0.1) is 0 Å². The lowest BCUT2D eigenvalue weighted by Crippen LogP contribution is -2.30. The van der Waals surface area contributed by atoms with Gasteiger partial charge >= 0.3 is 39.5 Å². The lowest BCUT2D eigenvalue weighted by molar-refractivity contribution is -0.161. The largest absolute Gasteiger partial charge is 0.472 e. The number of aliphatic hydroxyl groups is 1. The normalized spacial score (nSPS) is 14.5. The third-order valence-electron chi connectivity index (χ3n) is 15.9. The average molecular weight is 1270 g/mol. The van der Waals surface area contributed by atoms with Crippen LogP contribution in [-0.2, 0) is 65.4 Å². The highest BCUT2D eigenvalue weighted by atomic mass is 31.2. The summed E-state index contributed by atoms with van der Waals surface area (Å²) in [6.45, 7) is 7.23. The molecule has 510 valence electrons. The zero-order valence-electron chi connectivity index (χ0n) is 55.4. The molecule has 0 aliphatic carbocycles. The third-order valence-corrected chi connectivity index (χ3v) is 17.8. The predicted octanol–water partition coefficient (Wildman–Crippen LogP) is 19.0. The standard InChI is InChI=1S/C67H130O17P2/c1-6-10-13-16-19-22-24-26-31-36-41-46-51-65(70)78-57-63(84-67(72)53-48-43-38-33-28-27-30-34-39-44-49-60(5)9-4)59-82-86(75,76)80-55-61(68)54-79-85(73,74)81-58-62(56-77-64(69)50-45-40-35-29-21-18-15-12-8-3)83-66(71)52-47-42-37-32-25-23-20-17-14-11-7-2/h60-63,68H,6-59H2,1-5H3,(H,73,74)(H,75,76)/t60?,61-,62+,63+/m0/s1. The number of carbonyl (C=O) groups excluding carboxylic acids is 4. The number of ether oxygens (including phenoxy) is 4. The van der Waals surface area contributed by atoms with Crippen molar-refractivity contribution in [3.8, 4) is 0 Å². The molecule has 0 aliphatic heterocycles. The first-order chi connectivity index (χ1) is 41.6. The van der Waals surface area contributed by atoms with Crippen molar-refractivity contribution in [2.75, 3.05) is 39.6 Å². The molecule has 0 aromatic carbocycles. The van der Waals surface area contributed by atoms with E-state index in [-0.39, 0.29) is 25.7 Å². The smallest absolute Gasteiger partial charge is 0.462 e. The van der Waals surface area contributed by atoms with Gasteiger partial charge in [0.05, 0.1) is 26.4 Å². The van der Waals surface area contributed by atoms with Gasteiger partial charge in [0, 0.05) is 25.7 Å². The summed E-state index contributed by atoms with van der Waals surface area (Å²) < 4.78 is 68.1. The average Bonchev–Trinajstić information content (AvgIpc) is 3.68. The first-order valence-corrected chi connectivity index (χ1v) is 38.2. The van der Waals surface area contributed by atoms with E-state index in [1.54, 1.807) is 0 Å². The number of carbonyl (C=O) groups is 4. The first kappa shape index (κ1) is 84.1. The highest BCUT2D eigenvalue weighted by molar-refractivity contribution is 7.47. The van der Waals surface area contributed by atoms with Crippen LogP contribution < -0.4 is 0 Å². The van der Waals surface area contributed by atoms with Crippen molar-refractivity contribution in [2.24, 2.45) is 5.92 Å². The minimum atomic E-state index is -4.95. The van der Waals surface area contributed by atoms with Gasteiger partial charge in [0.1, 0.15) is 19.3 Å². The fourth-order valence-electron chi connectivity index (χ4n) is 10.1. The Balaban J connectivity index is 5.24. The van der Waals surface area contributed by atoms with E-state index in [2.05, 4.69) is 34.6 Å². The van der Waals surface area contributed by atoms with Gasteiger partial charge in [-0.25, -0.2) is 9.13 Å². The van der Waals surface area contributed by atoms with Crippen LogP contribution in [0.4, 0.5) is 0 Å². The van der Waals surface area contributed by atoms with E-state index in [1.807, 2.05) is 0 Å². The fraction of sp³-hybridized carbons (Fsp3) is 0.940. The predicted molar refractivity (Wildman–Crippen MR) is 345 cm³/mol. The van der Waals surface area contributed by atoms with Gasteiger partial charge < -0.3 is 33.8 Å². The number of phosphoric ester groups is 2. The molecule has 0 bridgehead atoms. The minimum absolute atomic E-state index is 0.107. The third kappa shape index (κ3) is 59.7. The van der Waals surface area contributed by atoms with Crippen molar-refractivity contribution in [3.05, 3.63) is 0 Å². The van der Waals surface area contributed by atoms with Gasteiger partial charge in [-0.1, -0.05) is 291 Å². The zero-order valence-corrected chi connectivity index (χ0v) is 57.2. The van der Waals surface area contributed by atoms with Gasteiger partial charge in [0.15, 0.2) is 12.2 Å². The maximum Gasteiger partial charge on any atom is 0.472 e. The van der Waals surface area contributed by atoms with Gasteiger partial charge in [-0.05, 0) is 31.6 Å². The van der Waals surface area contributed by atoms with Gasteiger partial charge in [-0.3, -0.25) is 37.3 Å². The summed E-state index contributed by atoms with van der Waals surface area (Å²) in [4.78, 5) is 72.3. The Kier molecular flexibility index (Phi) is 59.2. The highest BCUT2D eigenvalue weighted by Crippen LogP contribution is 2.45. The highest BCUT2D eigenvalue weighted by Gasteiger charge is 2.30. The van der Waals surface area contributed by atoms with Crippen LogP contribution in [0.1, 0.15) is 343 Å². The molecule has 0 aromatic rings. The molecule has 0 saturated heterocycles. The van der Waals surface area contributed by atoms with Crippen molar-refractivity contribution in [1.82, 2.24) is 0 Å². The maximum absolute atomic E-state index is 13.0. The van der Waals surface area contributed by atoms with E-state index < -0.39 is 97.5 Å². The molecule has 6 atom stereocenters. The summed E-state index contributed by atoms with van der Waals surface area (Å²) >= 11 is 0. The van der Waals surface area contributed by atoms with Crippen LogP contribution in [0.2, 0.25) is 0 Å². The zero-order chi connectivity index (χ0) is 63.5. The van der Waals surface area contributed by atoms with E-state index in [4.69, 9.17) is 37.0 Å². The molecule has 0 saturated carbocycles. The van der Waals surface area contributed by atoms with Gasteiger partial charge in [0.25, 0.3) is 0 Å². The van der Waals surface area contributed by atoms with Crippen molar-refractivity contribution in [2.45, 2.75) is 361 Å². The second-order valence-electron chi connectivity index (χ2n) is 24.5. The van der Waals surface area contributed by atoms with Crippen LogP contribution in [0.5, 0.6) is 0 Å². The van der Waals surface area contributed by atoms with E-state index in [1.165, 1.54) is 167 Å². The molecular weight excluding hydrogens is 1140 g/mol. The maximum atomic E-state index is 13.0. The minimum Gasteiger partial charge on any atom is -0.462 e. The molecule has 19 heteroatoms. The monoisotopic (exact) mass is 1270 g/mol. The number of hydrogen-bond acceptors (Lipinski definition) is 15. The molecule has 0 fully saturated rings. The van der Waals surface area contributed by atoms with E-state index in [0.717, 1.165) is 95.8 Å². The molecular formula is C67H130O17P2. The molecule has 0 aliphatic rings. The summed E-state index contributed by atoms with van der Waals surface area (Å²) in [6.07, 6.45) is 45.6. The topological polar surface area (TPSA) is 237 Å². The second kappa shape index (κ2) is 60.6. The summed E-state index contributed by atoms with van der Waals surface area (Å²) in [6, 6.07) is 0. The number of aliphatic hydroxyl groups excluding tert-OH is 1. The Bertz CT molecular complexity index is 1670. The SMILES string of the molecule is CCCCCCCCCCCCCCC(=O)OC[C@H](COP(=O)(O)OC[C@@H](O)COP(=O)(O)OC[C@@H](COC(=O)CCCCCCCCCCC)OC(=O)CCCCCCCCCCCCC)OC(=O)CCCCCCCCCCCCC(C)CC. The molecule has 0 rings (SSSR count). The van der Waals surface area contributed by atoms with Crippen molar-refractivity contribution < 1.29 is 80.2 Å². The molecule has 86 heavy (non-hydrogen) atoms.